The fourth-order valence-electron chi connectivity index (χ4n) is 3.49. The van der Waals surface area contributed by atoms with Crippen molar-refractivity contribution in [2.24, 2.45) is 0 Å². The third-order valence-corrected chi connectivity index (χ3v) is 4.56. The molecule has 0 radical (unpaired) electrons. The van der Waals surface area contributed by atoms with Crippen molar-refractivity contribution in [3.63, 3.8) is 0 Å². The van der Waals surface area contributed by atoms with Gasteiger partial charge in [-0.15, -0.1) is 0 Å². The lowest BCUT2D eigenvalue weighted by atomic mass is 9.94. The van der Waals surface area contributed by atoms with Crippen LogP contribution in [0.25, 0.3) is 0 Å². The van der Waals surface area contributed by atoms with Crippen LogP contribution in [-0.2, 0) is 6.18 Å². The van der Waals surface area contributed by atoms with Gasteiger partial charge in [-0.3, -0.25) is 0 Å². The van der Waals surface area contributed by atoms with Gasteiger partial charge in [-0.05, 0) is 31.0 Å². The Morgan fingerprint density at radius 2 is 1.86 bits per heavy atom. The van der Waals surface area contributed by atoms with E-state index in [-0.39, 0.29) is 5.54 Å². The monoisotopic (exact) mass is 302 g/mol. The minimum Gasteiger partial charge on any atom is -0.368 e. The van der Waals surface area contributed by atoms with Gasteiger partial charge < -0.3 is 10.2 Å². The van der Waals surface area contributed by atoms with E-state index in [2.05, 4.69) is 5.32 Å². The predicted molar refractivity (Wildman–Crippen MR) is 72.8 cm³/mol. The fourth-order valence-corrected chi connectivity index (χ4v) is 3.49. The molecule has 2 fully saturated rings. The van der Waals surface area contributed by atoms with Crippen LogP contribution in [-0.4, -0.2) is 25.2 Å². The van der Waals surface area contributed by atoms with Crippen LogP contribution in [0.5, 0.6) is 0 Å². The van der Waals surface area contributed by atoms with Crippen LogP contribution in [0.3, 0.4) is 0 Å². The molecule has 2 aliphatic rings. The summed E-state index contributed by atoms with van der Waals surface area (Å²) in [5, 5.41) is 3.51. The van der Waals surface area contributed by atoms with Gasteiger partial charge >= 0.3 is 6.18 Å². The lowest BCUT2D eigenvalue weighted by molar-refractivity contribution is -0.139. The SMILES string of the molecule is Fc1ccc(N2CCNC3(CCCC3)C2)cc1C(F)(F)F. The summed E-state index contributed by atoms with van der Waals surface area (Å²) in [6.07, 6.45) is -0.247. The molecule has 0 unspecified atom stereocenters. The van der Waals surface area contributed by atoms with Crippen LogP contribution in [0.4, 0.5) is 23.2 Å². The maximum Gasteiger partial charge on any atom is 0.419 e. The molecule has 0 atom stereocenters. The molecule has 1 aliphatic heterocycles. The zero-order valence-corrected chi connectivity index (χ0v) is 11.6. The van der Waals surface area contributed by atoms with Crippen LogP contribution < -0.4 is 10.2 Å². The third-order valence-electron chi connectivity index (χ3n) is 4.56. The average molecular weight is 302 g/mol. The van der Waals surface area contributed by atoms with Crippen LogP contribution in [0.2, 0.25) is 0 Å². The molecule has 1 aromatic carbocycles. The smallest absolute Gasteiger partial charge is 0.368 e. The van der Waals surface area contributed by atoms with Gasteiger partial charge in [0.15, 0.2) is 0 Å². The lowest BCUT2D eigenvalue weighted by Gasteiger charge is -2.42. The molecule has 0 amide bonds. The van der Waals surface area contributed by atoms with E-state index in [9.17, 15) is 17.6 Å². The average Bonchev–Trinajstić information content (AvgIpc) is 2.86. The zero-order chi connectivity index (χ0) is 15.1. The van der Waals surface area contributed by atoms with E-state index >= 15 is 0 Å². The first-order valence-electron chi connectivity index (χ1n) is 7.26. The number of alkyl halides is 3. The van der Waals surface area contributed by atoms with Crippen molar-refractivity contribution >= 4 is 5.69 Å². The third kappa shape index (κ3) is 2.86. The highest BCUT2D eigenvalue weighted by Gasteiger charge is 2.39. The quantitative estimate of drug-likeness (QED) is 0.798. The number of hydrogen-bond acceptors (Lipinski definition) is 2. The Morgan fingerprint density at radius 1 is 1.14 bits per heavy atom. The largest absolute Gasteiger partial charge is 0.419 e. The van der Waals surface area contributed by atoms with E-state index in [4.69, 9.17) is 0 Å². The van der Waals surface area contributed by atoms with Gasteiger partial charge in [-0.25, -0.2) is 4.39 Å². The Labute approximate surface area is 121 Å². The molecular formula is C15H18F4N2. The van der Waals surface area contributed by atoms with E-state index < -0.39 is 17.6 Å². The summed E-state index contributed by atoms with van der Waals surface area (Å²) < 4.78 is 51.8. The Kier molecular flexibility index (Phi) is 3.59. The second-order valence-electron chi connectivity index (χ2n) is 6.00. The molecule has 2 nitrogen and oxygen atoms in total. The fraction of sp³-hybridized carbons (Fsp3) is 0.600. The van der Waals surface area contributed by atoms with E-state index in [1.54, 1.807) is 0 Å². The standard InChI is InChI=1S/C15H18F4N2/c16-13-4-3-11(9-12(13)15(17,18)19)21-8-7-20-14(10-21)5-1-2-6-14/h3-4,9,20H,1-2,5-8,10H2. The highest BCUT2D eigenvalue weighted by molar-refractivity contribution is 5.51. The summed E-state index contributed by atoms with van der Waals surface area (Å²) in [5.74, 6) is -1.21. The van der Waals surface area contributed by atoms with Crippen molar-refractivity contribution in [2.75, 3.05) is 24.5 Å². The summed E-state index contributed by atoms with van der Waals surface area (Å²) in [7, 11) is 0. The minimum absolute atomic E-state index is 0.0189. The van der Waals surface area contributed by atoms with Gasteiger partial charge in [0.05, 0.1) is 5.56 Å². The normalized spacial score (nSPS) is 22.0. The first-order valence-corrected chi connectivity index (χ1v) is 7.26. The molecule has 3 rings (SSSR count). The van der Waals surface area contributed by atoms with Crippen molar-refractivity contribution in [1.29, 1.82) is 0 Å². The molecule has 1 aliphatic carbocycles. The summed E-state index contributed by atoms with van der Waals surface area (Å²) >= 11 is 0. The molecule has 1 aromatic rings. The molecular weight excluding hydrogens is 284 g/mol. The summed E-state index contributed by atoms with van der Waals surface area (Å²) in [6, 6.07) is 3.30. The van der Waals surface area contributed by atoms with Crippen molar-refractivity contribution in [3.8, 4) is 0 Å². The Bertz CT molecular complexity index is 521. The van der Waals surface area contributed by atoms with Crippen molar-refractivity contribution in [1.82, 2.24) is 5.32 Å². The molecule has 0 bridgehead atoms. The Balaban J connectivity index is 1.86. The molecule has 1 saturated heterocycles. The second kappa shape index (κ2) is 5.16. The maximum atomic E-state index is 13.4. The van der Waals surface area contributed by atoms with E-state index in [0.29, 0.717) is 18.8 Å². The minimum atomic E-state index is -4.65. The molecule has 0 aromatic heterocycles. The second-order valence-corrected chi connectivity index (χ2v) is 6.00. The van der Waals surface area contributed by atoms with E-state index in [1.807, 2.05) is 4.90 Å². The van der Waals surface area contributed by atoms with Gasteiger partial charge in [0.2, 0.25) is 0 Å². The van der Waals surface area contributed by atoms with Crippen LogP contribution in [0.1, 0.15) is 31.2 Å². The number of nitrogens with one attached hydrogen (secondary N) is 1. The first-order chi connectivity index (χ1) is 9.90. The summed E-state index contributed by atoms with van der Waals surface area (Å²) in [4.78, 5) is 1.94. The number of piperazine rings is 1. The van der Waals surface area contributed by atoms with Gasteiger partial charge in [0, 0.05) is 30.9 Å². The van der Waals surface area contributed by atoms with Crippen LogP contribution >= 0.6 is 0 Å². The summed E-state index contributed by atoms with van der Waals surface area (Å²) in [5.41, 5.74) is -0.708. The van der Waals surface area contributed by atoms with Crippen LogP contribution in [0.15, 0.2) is 18.2 Å². The van der Waals surface area contributed by atoms with Crippen molar-refractivity contribution < 1.29 is 17.6 Å². The van der Waals surface area contributed by atoms with Gasteiger partial charge in [0.1, 0.15) is 5.82 Å². The van der Waals surface area contributed by atoms with Gasteiger partial charge in [-0.1, -0.05) is 12.8 Å². The number of anilines is 1. The number of halogens is 4. The number of benzene rings is 1. The molecule has 1 saturated carbocycles. The molecule has 1 spiro atoms. The van der Waals surface area contributed by atoms with E-state index in [1.165, 1.54) is 6.07 Å². The molecule has 6 heteroatoms. The molecule has 116 valence electrons. The van der Waals surface area contributed by atoms with Crippen molar-refractivity contribution in [3.05, 3.63) is 29.6 Å². The highest BCUT2D eigenvalue weighted by Crippen LogP contribution is 2.36. The Morgan fingerprint density at radius 3 is 2.52 bits per heavy atom. The molecule has 1 heterocycles. The number of hydrogen-bond donors (Lipinski definition) is 1. The maximum absolute atomic E-state index is 13.4. The van der Waals surface area contributed by atoms with Gasteiger partial charge in [0.25, 0.3) is 0 Å². The van der Waals surface area contributed by atoms with Crippen LogP contribution in [0, 0.1) is 5.82 Å². The summed E-state index contributed by atoms with van der Waals surface area (Å²) in [6.45, 7) is 2.08. The topological polar surface area (TPSA) is 15.3 Å². The lowest BCUT2D eigenvalue weighted by Crippen LogP contribution is -2.59. The zero-order valence-electron chi connectivity index (χ0n) is 11.6. The Hall–Kier alpha value is -1.30. The van der Waals surface area contributed by atoms with Crippen molar-refractivity contribution in [2.45, 2.75) is 37.4 Å². The van der Waals surface area contributed by atoms with Gasteiger partial charge in [-0.2, -0.15) is 13.2 Å². The first kappa shape index (κ1) is 14.6. The predicted octanol–water partition coefficient (Wildman–Crippen LogP) is 3.57. The number of rotatable bonds is 1. The molecule has 1 N–H and O–H groups in total. The number of nitrogens with zero attached hydrogens (tertiary/aromatic N) is 1. The molecule has 21 heavy (non-hydrogen) atoms. The van der Waals surface area contributed by atoms with E-state index in [0.717, 1.165) is 44.4 Å². The highest BCUT2D eigenvalue weighted by atomic mass is 19.4.